The average Bonchev–Trinajstić information content (AvgIpc) is 2.66. The Morgan fingerprint density at radius 1 is 1.17 bits per heavy atom. The number of carbonyl (C=O) groups is 1. The van der Waals surface area contributed by atoms with Gasteiger partial charge in [-0.2, -0.15) is 13.2 Å². The first-order valence-corrected chi connectivity index (χ1v) is 9.01. The summed E-state index contributed by atoms with van der Waals surface area (Å²) in [4.78, 5) is 21.7. The zero-order chi connectivity index (χ0) is 22.3. The van der Waals surface area contributed by atoms with Gasteiger partial charge in [-0.3, -0.25) is 14.9 Å². The fourth-order valence-corrected chi connectivity index (χ4v) is 2.66. The van der Waals surface area contributed by atoms with Crippen LogP contribution in [0.4, 0.5) is 18.9 Å². The summed E-state index contributed by atoms with van der Waals surface area (Å²) in [6.45, 7) is 1.41. The summed E-state index contributed by atoms with van der Waals surface area (Å²) in [5.74, 6) is -0.634. The lowest BCUT2D eigenvalue weighted by Gasteiger charge is -2.16. The Kier molecular flexibility index (Phi) is 7.62. The summed E-state index contributed by atoms with van der Waals surface area (Å²) in [6.07, 6.45) is -5.80. The molecule has 0 fully saturated rings. The zero-order valence-corrected chi connectivity index (χ0v) is 16.1. The lowest BCUT2D eigenvalue weighted by atomic mass is 10.0. The molecule has 0 heterocycles. The minimum atomic E-state index is -4.43. The van der Waals surface area contributed by atoms with E-state index in [4.69, 9.17) is 9.47 Å². The molecule has 30 heavy (non-hydrogen) atoms. The van der Waals surface area contributed by atoms with E-state index >= 15 is 0 Å². The molecule has 0 aromatic heterocycles. The number of phenols is 1. The van der Waals surface area contributed by atoms with Crippen molar-refractivity contribution < 1.29 is 37.5 Å². The number of rotatable bonds is 10. The highest BCUT2D eigenvalue weighted by Gasteiger charge is 2.28. The van der Waals surface area contributed by atoms with Crippen LogP contribution >= 0.6 is 0 Å². The fraction of sp³-hybridized carbons (Fsp3) is 0.350. The van der Waals surface area contributed by atoms with Crippen molar-refractivity contribution >= 4 is 11.5 Å². The molecule has 7 nitrogen and oxygen atoms in total. The number of aromatic hydroxyl groups is 1. The van der Waals surface area contributed by atoms with Crippen molar-refractivity contribution in [2.75, 3.05) is 13.2 Å². The highest BCUT2D eigenvalue weighted by molar-refractivity contribution is 5.97. The number of nitrogens with zero attached hydrogens (tertiary/aromatic N) is 1. The van der Waals surface area contributed by atoms with Gasteiger partial charge in [-0.1, -0.05) is 6.07 Å². The number of ether oxygens (including phenoxy) is 2. The molecular formula is C20H20F3NO6. The molecule has 0 radical (unpaired) electrons. The number of nitro benzene ring substituents is 1. The van der Waals surface area contributed by atoms with E-state index in [1.165, 1.54) is 37.3 Å². The normalized spacial score (nSPS) is 11.2. The molecule has 2 aromatic carbocycles. The van der Waals surface area contributed by atoms with Crippen LogP contribution in [-0.2, 0) is 6.42 Å². The minimum absolute atomic E-state index is 0.0529. The Bertz CT molecular complexity index is 914. The molecule has 0 saturated carbocycles. The number of carbonyl (C=O) groups excluding carboxylic acids is 1. The number of ketones is 1. The van der Waals surface area contributed by atoms with Crippen LogP contribution in [0.2, 0.25) is 0 Å². The second-order valence-corrected chi connectivity index (χ2v) is 6.41. The van der Waals surface area contributed by atoms with Gasteiger partial charge >= 0.3 is 6.18 Å². The summed E-state index contributed by atoms with van der Waals surface area (Å²) in [5.41, 5.74) is -0.271. The Labute approximate surface area is 170 Å². The highest BCUT2D eigenvalue weighted by Crippen LogP contribution is 2.35. The maximum atomic E-state index is 12.6. The summed E-state index contributed by atoms with van der Waals surface area (Å²) in [6, 6.07) is 8.29. The SMILES string of the molecule is CC(=O)c1ccc(OCCCOc2cccc([N+](=O)[O-])c2)c(CCC(F)(F)F)c1O. The monoisotopic (exact) mass is 427 g/mol. The minimum Gasteiger partial charge on any atom is -0.507 e. The first kappa shape index (κ1) is 23.0. The summed E-state index contributed by atoms with van der Waals surface area (Å²) >= 11 is 0. The molecule has 0 unspecified atom stereocenters. The molecule has 0 spiro atoms. The zero-order valence-electron chi connectivity index (χ0n) is 16.1. The van der Waals surface area contributed by atoms with Crippen LogP contribution in [0.3, 0.4) is 0 Å². The van der Waals surface area contributed by atoms with Gasteiger partial charge in [-0.25, -0.2) is 0 Å². The van der Waals surface area contributed by atoms with Crippen molar-refractivity contribution in [3.63, 3.8) is 0 Å². The Morgan fingerprint density at radius 3 is 2.50 bits per heavy atom. The number of hydrogen-bond donors (Lipinski definition) is 1. The van der Waals surface area contributed by atoms with Crippen LogP contribution < -0.4 is 9.47 Å². The van der Waals surface area contributed by atoms with Gasteiger partial charge in [0, 0.05) is 24.5 Å². The van der Waals surface area contributed by atoms with Gasteiger partial charge in [-0.15, -0.1) is 0 Å². The van der Waals surface area contributed by atoms with E-state index in [-0.39, 0.29) is 35.8 Å². The molecule has 0 aliphatic heterocycles. The lowest BCUT2D eigenvalue weighted by Crippen LogP contribution is -2.11. The van der Waals surface area contributed by atoms with E-state index in [9.17, 15) is 33.2 Å². The molecule has 0 bridgehead atoms. The lowest BCUT2D eigenvalue weighted by molar-refractivity contribution is -0.384. The Hall–Kier alpha value is -3.30. The average molecular weight is 427 g/mol. The van der Waals surface area contributed by atoms with Gasteiger partial charge in [0.05, 0.1) is 29.8 Å². The van der Waals surface area contributed by atoms with Gasteiger partial charge in [-0.05, 0) is 31.5 Å². The third-order valence-corrected chi connectivity index (χ3v) is 4.12. The van der Waals surface area contributed by atoms with Crippen LogP contribution in [0.5, 0.6) is 17.2 Å². The Balaban J connectivity index is 1.98. The van der Waals surface area contributed by atoms with Gasteiger partial charge in [0.2, 0.25) is 0 Å². The van der Waals surface area contributed by atoms with Crippen molar-refractivity contribution in [3.8, 4) is 17.2 Å². The van der Waals surface area contributed by atoms with E-state index in [0.717, 1.165) is 0 Å². The molecule has 0 atom stereocenters. The number of hydrogen-bond acceptors (Lipinski definition) is 6. The molecular weight excluding hydrogens is 407 g/mol. The third kappa shape index (κ3) is 6.64. The molecule has 0 aliphatic carbocycles. The number of nitro groups is 1. The van der Waals surface area contributed by atoms with Crippen molar-refractivity contribution in [2.24, 2.45) is 0 Å². The maximum absolute atomic E-state index is 12.6. The first-order chi connectivity index (χ1) is 14.1. The molecule has 162 valence electrons. The Morgan fingerprint density at radius 2 is 1.87 bits per heavy atom. The topological polar surface area (TPSA) is 98.9 Å². The van der Waals surface area contributed by atoms with Crippen LogP contribution in [0.1, 0.15) is 35.7 Å². The number of halogens is 3. The summed E-state index contributed by atoms with van der Waals surface area (Å²) in [7, 11) is 0. The molecule has 0 aliphatic rings. The molecule has 0 saturated heterocycles. The van der Waals surface area contributed by atoms with Crippen LogP contribution in [0.15, 0.2) is 36.4 Å². The molecule has 2 rings (SSSR count). The molecule has 10 heteroatoms. The van der Waals surface area contributed by atoms with E-state index < -0.39 is 35.5 Å². The predicted octanol–water partition coefficient (Wildman–Crippen LogP) is 4.85. The number of benzene rings is 2. The van der Waals surface area contributed by atoms with Crippen LogP contribution in [0, 0.1) is 10.1 Å². The summed E-state index contributed by atoms with van der Waals surface area (Å²) < 4.78 is 48.7. The highest BCUT2D eigenvalue weighted by atomic mass is 19.4. The number of phenolic OH excluding ortho intramolecular Hbond substituents is 1. The van der Waals surface area contributed by atoms with Crippen molar-refractivity contribution in [1.82, 2.24) is 0 Å². The second kappa shape index (κ2) is 9.95. The number of Topliss-reactive ketones (excluding diaryl/α,β-unsaturated/α-hetero) is 1. The van der Waals surface area contributed by atoms with E-state index in [1.54, 1.807) is 6.07 Å². The van der Waals surface area contributed by atoms with E-state index in [2.05, 4.69) is 0 Å². The van der Waals surface area contributed by atoms with Gasteiger partial charge in [0.1, 0.15) is 17.2 Å². The molecule has 1 N–H and O–H groups in total. The third-order valence-electron chi connectivity index (χ3n) is 4.12. The van der Waals surface area contributed by atoms with E-state index in [0.29, 0.717) is 12.2 Å². The van der Waals surface area contributed by atoms with Crippen molar-refractivity contribution in [2.45, 2.75) is 32.4 Å². The van der Waals surface area contributed by atoms with Crippen LogP contribution in [-0.4, -0.2) is 35.2 Å². The van der Waals surface area contributed by atoms with Gasteiger partial charge in [0.25, 0.3) is 5.69 Å². The fourth-order valence-electron chi connectivity index (χ4n) is 2.66. The van der Waals surface area contributed by atoms with Gasteiger partial charge < -0.3 is 14.6 Å². The maximum Gasteiger partial charge on any atom is 0.389 e. The number of non-ortho nitro benzene ring substituents is 1. The smallest absolute Gasteiger partial charge is 0.389 e. The molecule has 0 amide bonds. The second-order valence-electron chi connectivity index (χ2n) is 6.41. The van der Waals surface area contributed by atoms with Crippen molar-refractivity contribution in [3.05, 3.63) is 57.6 Å². The standard InChI is InChI=1S/C20H20F3NO6/c1-13(25)16-6-7-18(17(19(16)26)8-9-20(21,22)23)30-11-3-10-29-15-5-2-4-14(12-15)24(27)28/h2,4-7,12,26H,3,8-11H2,1H3. The van der Waals surface area contributed by atoms with Crippen LogP contribution in [0.25, 0.3) is 0 Å². The summed E-state index contributed by atoms with van der Waals surface area (Å²) in [5, 5.41) is 21.0. The largest absolute Gasteiger partial charge is 0.507 e. The number of alkyl halides is 3. The van der Waals surface area contributed by atoms with E-state index in [1.807, 2.05) is 0 Å². The predicted molar refractivity (Wildman–Crippen MR) is 101 cm³/mol. The van der Waals surface area contributed by atoms with Crippen molar-refractivity contribution in [1.29, 1.82) is 0 Å². The first-order valence-electron chi connectivity index (χ1n) is 9.01. The van der Waals surface area contributed by atoms with Gasteiger partial charge in [0.15, 0.2) is 5.78 Å². The molecule has 2 aromatic rings. The quantitative estimate of drug-likeness (QED) is 0.252.